The van der Waals surface area contributed by atoms with Crippen molar-refractivity contribution in [3.8, 4) is 5.75 Å². The number of hydrogen-bond donors (Lipinski definition) is 3. The molecule has 2 rings (SSSR count). The van der Waals surface area contributed by atoms with Gasteiger partial charge in [0.25, 0.3) is 0 Å². The smallest absolute Gasteiger partial charge is 0.338 e. The molecule has 7 heteroatoms. The Morgan fingerprint density at radius 1 is 0.885 bits per heavy atom. The number of esters is 1. The highest BCUT2D eigenvalue weighted by Gasteiger charge is 2.06. The van der Waals surface area contributed by atoms with Crippen molar-refractivity contribution in [1.29, 1.82) is 0 Å². The fourth-order valence-corrected chi connectivity index (χ4v) is 2.04. The van der Waals surface area contributed by atoms with Crippen LogP contribution in [0.3, 0.4) is 0 Å². The van der Waals surface area contributed by atoms with Crippen molar-refractivity contribution in [3.63, 3.8) is 0 Å². The van der Waals surface area contributed by atoms with Gasteiger partial charge >= 0.3 is 5.97 Å². The minimum Gasteiger partial charge on any atom is -0.491 e. The van der Waals surface area contributed by atoms with Crippen LogP contribution >= 0.6 is 0 Å². The molecule has 0 amide bonds. The maximum Gasteiger partial charge on any atom is 0.338 e. The molecule has 0 heterocycles. The number of methoxy groups -OCH3 is 1. The summed E-state index contributed by atoms with van der Waals surface area (Å²) in [4.78, 5) is 11.8. The van der Waals surface area contributed by atoms with E-state index in [0.717, 1.165) is 17.1 Å². The molecule has 2 aromatic rings. The fraction of sp³-hybridized carbons (Fsp3) is 0.316. The lowest BCUT2D eigenvalue weighted by Crippen LogP contribution is -2.17. The average molecular weight is 359 g/mol. The van der Waals surface area contributed by atoms with Gasteiger partial charge in [-0.1, -0.05) is 0 Å². The zero-order valence-corrected chi connectivity index (χ0v) is 15.1. The Hall–Kier alpha value is -2.77. The Labute approximate surface area is 153 Å². The highest BCUT2D eigenvalue weighted by molar-refractivity contribution is 5.89. The summed E-state index contributed by atoms with van der Waals surface area (Å²) in [6.07, 6.45) is 0. The van der Waals surface area contributed by atoms with Gasteiger partial charge in [-0.15, -0.1) is 0 Å². The lowest BCUT2D eigenvalue weighted by molar-refractivity contribution is 0.0510. The molecule has 0 aliphatic rings. The minimum atomic E-state index is -0.330. The number of carbonyl (C=O) groups excluding carboxylic acids is 1. The molecule has 0 radical (unpaired) electrons. The number of nitrogens with one attached hydrogen (secondary N) is 3. The van der Waals surface area contributed by atoms with Crippen molar-refractivity contribution in [2.45, 2.75) is 0 Å². The van der Waals surface area contributed by atoms with E-state index >= 15 is 0 Å². The van der Waals surface area contributed by atoms with E-state index in [-0.39, 0.29) is 5.97 Å². The molecule has 0 saturated carbocycles. The third-order valence-electron chi connectivity index (χ3n) is 3.47. The third-order valence-corrected chi connectivity index (χ3v) is 3.47. The summed E-state index contributed by atoms with van der Waals surface area (Å²) >= 11 is 0. The molecule has 0 aliphatic carbocycles. The van der Waals surface area contributed by atoms with Crippen molar-refractivity contribution in [2.24, 2.45) is 0 Å². The van der Waals surface area contributed by atoms with E-state index in [4.69, 9.17) is 14.2 Å². The lowest BCUT2D eigenvalue weighted by atomic mass is 10.2. The molecular weight excluding hydrogens is 334 g/mol. The molecule has 0 aromatic heterocycles. The molecular formula is C19H25N3O4. The lowest BCUT2D eigenvalue weighted by Gasteiger charge is -2.11. The highest BCUT2D eigenvalue weighted by atomic mass is 16.5. The number of hydrogen-bond acceptors (Lipinski definition) is 7. The Morgan fingerprint density at radius 3 is 2.08 bits per heavy atom. The monoisotopic (exact) mass is 359 g/mol. The molecule has 0 bridgehead atoms. The summed E-state index contributed by atoms with van der Waals surface area (Å²) in [6.45, 7) is 2.05. The van der Waals surface area contributed by atoms with Crippen LogP contribution in [0.2, 0.25) is 0 Å². The van der Waals surface area contributed by atoms with Crippen molar-refractivity contribution < 1.29 is 19.0 Å². The van der Waals surface area contributed by atoms with Gasteiger partial charge < -0.3 is 30.4 Å². The van der Waals surface area contributed by atoms with Gasteiger partial charge in [-0.3, -0.25) is 0 Å². The van der Waals surface area contributed by atoms with Crippen LogP contribution in [0.1, 0.15) is 10.4 Å². The second-order valence-electron chi connectivity index (χ2n) is 5.43. The van der Waals surface area contributed by atoms with Gasteiger partial charge in [0.2, 0.25) is 0 Å². The molecule has 0 spiro atoms. The van der Waals surface area contributed by atoms with E-state index in [1.54, 1.807) is 19.2 Å². The maximum atomic E-state index is 11.8. The summed E-state index contributed by atoms with van der Waals surface area (Å²) < 4.78 is 15.6. The first-order valence-corrected chi connectivity index (χ1v) is 8.38. The number of ether oxygens (including phenoxy) is 3. The standard InChI is InChI=1S/C19H25N3O4/c1-20-11-12-26-19(23)15-3-5-16(6-4-15)21-22-17-7-9-18(10-8-17)25-14-13-24-2/h3-10,20-22H,11-14H2,1-2H3. The summed E-state index contributed by atoms with van der Waals surface area (Å²) in [5, 5.41) is 2.92. The van der Waals surface area contributed by atoms with Gasteiger partial charge in [-0.05, 0) is 55.6 Å². The van der Waals surface area contributed by atoms with E-state index in [1.165, 1.54) is 0 Å². The number of carbonyl (C=O) groups is 1. The Kier molecular flexibility index (Phi) is 8.25. The number of benzene rings is 2. The summed E-state index contributed by atoms with van der Waals surface area (Å²) in [5.41, 5.74) is 8.41. The second kappa shape index (κ2) is 11.0. The first-order chi connectivity index (χ1) is 12.7. The first kappa shape index (κ1) is 19.6. The minimum absolute atomic E-state index is 0.330. The van der Waals surface area contributed by atoms with Crippen LogP contribution in [-0.4, -0.2) is 46.5 Å². The predicted octanol–water partition coefficient (Wildman–Crippen LogP) is 2.53. The van der Waals surface area contributed by atoms with Gasteiger partial charge in [-0.25, -0.2) is 4.79 Å². The molecule has 0 saturated heterocycles. The third kappa shape index (κ3) is 6.62. The summed E-state index contributed by atoms with van der Waals surface area (Å²) in [5.74, 6) is 0.456. The molecule has 3 N–H and O–H groups in total. The molecule has 0 fully saturated rings. The van der Waals surface area contributed by atoms with Gasteiger partial charge in [0.1, 0.15) is 19.0 Å². The number of anilines is 2. The van der Waals surface area contributed by atoms with Crippen LogP contribution in [0.5, 0.6) is 5.75 Å². The van der Waals surface area contributed by atoms with Crippen LogP contribution in [0.4, 0.5) is 11.4 Å². The molecule has 0 aliphatic heterocycles. The Balaban J connectivity index is 1.79. The van der Waals surface area contributed by atoms with Crippen molar-refractivity contribution in [2.75, 3.05) is 51.4 Å². The Bertz CT molecular complexity index is 659. The molecule has 140 valence electrons. The van der Waals surface area contributed by atoms with Gasteiger partial charge in [-0.2, -0.15) is 0 Å². The van der Waals surface area contributed by atoms with Crippen molar-refractivity contribution >= 4 is 17.3 Å². The molecule has 2 aromatic carbocycles. The van der Waals surface area contributed by atoms with Gasteiger partial charge in [0.05, 0.1) is 23.5 Å². The van der Waals surface area contributed by atoms with Crippen LogP contribution in [-0.2, 0) is 9.47 Å². The Morgan fingerprint density at radius 2 is 1.50 bits per heavy atom. The quantitative estimate of drug-likeness (QED) is 0.323. The summed E-state index contributed by atoms with van der Waals surface area (Å²) in [6, 6.07) is 14.6. The molecule has 0 unspecified atom stereocenters. The largest absolute Gasteiger partial charge is 0.491 e. The highest BCUT2D eigenvalue weighted by Crippen LogP contribution is 2.17. The molecule has 7 nitrogen and oxygen atoms in total. The fourth-order valence-electron chi connectivity index (χ4n) is 2.04. The van der Waals surface area contributed by atoms with Crippen LogP contribution in [0.15, 0.2) is 48.5 Å². The van der Waals surface area contributed by atoms with Crippen molar-refractivity contribution in [3.05, 3.63) is 54.1 Å². The number of rotatable bonds is 11. The van der Waals surface area contributed by atoms with Gasteiger partial charge in [0, 0.05) is 13.7 Å². The summed E-state index contributed by atoms with van der Waals surface area (Å²) in [7, 11) is 3.45. The van der Waals surface area contributed by atoms with E-state index in [9.17, 15) is 4.79 Å². The average Bonchev–Trinajstić information content (AvgIpc) is 2.68. The van der Waals surface area contributed by atoms with Gasteiger partial charge in [0.15, 0.2) is 0 Å². The van der Waals surface area contributed by atoms with Crippen LogP contribution in [0, 0.1) is 0 Å². The van der Waals surface area contributed by atoms with E-state index in [2.05, 4.69) is 16.2 Å². The van der Waals surface area contributed by atoms with E-state index in [0.29, 0.717) is 31.9 Å². The topological polar surface area (TPSA) is 80.9 Å². The zero-order valence-electron chi connectivity index (χ0n) is 15.1. The second-order valence-corrected chi connectivity index (χ2v) is 5.43. The van der Waals surface area contributed by atoms with Crippen molar-refractivity contribution in [1.82, 2.24) is 5.32 Å². The van der Waals surface area contributed by atoms with E-state index < -0.39 is 0 Å². The molecule has 26 heavy (non-hydrogen) atoms. The number of likely N-dealkylation sites (N-methyl/N-ethyl adjacent to an activating group) is 1. The van der Waals surface area contributed by atoms with Crippen LogP contribution < -0.4 is 20.9 Å². The SMILES string of the molecule is CNCCOC(=O)c1ccc(NNc2ccc(OCCOC)cc2)cc1. The first-order valence-electron chi connectivity index (χ1n) is 8.38. The number of hydrazine groups is 1. The molecule has 0 atom stereocenters. The van der Waals surface area contributed by atoms with E-state index in [1.807, 2.05) is 43.4 Å². The zero-order chi connectivity index (χ0) is 18.6. The van der Waals surface area contributed by atoms with Crippen LogP contribution in [0.25, 0.3) is 0 Å². The predicted molar refractivity (Wildman–Crippen MR) is 102 cm³/mol. The normalized spacial score (nSPS) is 10.2. The maximum absolute atomic E-state index is 11.8.